The fourth-order valence-electron chi connectivity index (χ4n) is 2.69. The van der Waals surface area contributed by atoms with E-state index in [1.165, 1.54) is 0 Å². The highest BCUT2D eigenvalue weighted by Gasteiger charge is 2.25. The van der Waals surface area contributed by atoms with Crippen LogP contribution in [0.5, 0.6) is 0 Å². The topological polar surface area (TPSA) is 36.8 Å². The van der Waals surface area contributed by atoms with Gasteiger partial charge < -0.3 is 5.32 Å². The van der Waals surface area contributed by atoms with Crippen LogP contribution in [0.25, 0.3) is 0 Å². The highest BCUT2D eigenvalue weighted by Crippen LogP contribution is 2.35. The standard InChI is InChI=1S/C18H14ClN3S2/c1-20-18-17(15-5-3-9-24-15)22-16(14-4-2-8-23-14)12-10-11(19)6-7-13(12)21-18/h2-10,17H,1H3,(H,20,21). The molecule has 1 aliphatic rings. The van der Waals surface area contributed by atoms with Crippen LogP contribution in [0, 0.1) is 0 Å². The molecule has 1 aromatic carbocycles. The number of halogens is 1. The second kappa shape index (κ2) is 6.51. The van der Waals surface area contributed by atoms with Gasteiger partial charge in [-0.2, -0.15) is 0 Å². The quantitative estimate of drug-likeness (QED) is 0.651. The van der Waals surface area contributed by atoms with Gasteiger partial charge in [0.15, 0.2) is 0 Å². The lowest BCUT2D eigenvalue weighted by atomic mass is 10.1. The minimum Gasteiger partial charge on any atom is -0.374 e. The summed E-state index contributed by atoms with van der Waals surface area (Å²) in [5.74, 6) is 0.840. The summed E-state index contributed by atoms with van der Waals surface area (Å²) in [5, 5.41) is 8.04. The smallest absolute Gasteiger partial charge is 0.142 e. The van der Waals surface area contributed by atoms with Crippen LogP contribution in [0.4, 0.5) is 5.69 Å². The number of nitrogens with one attached hydrogen (secondary N) is 1. The van der Waals surface area contributed by atoms with E-state index in [9.17, 15) is 0 Å². The third kappa shape index (κ3) is 2.79. The monoisotopic (exact) mass is 371 g/mol. The van der Waals surface area contributed by atoms with Crippen molar-refractivity contribution in [2.45, 2.75) is 6.04 Å². The Labute approximate surface area is 153 Å². The van der Waals surface area contributed by atoms with Crippen LogP contribution in [0.3, 0.4) is 0 Å². The van der Waals surface area contributed by atoms with Gasteiger partial charge in [-0.15, -0.1) is 22.7 Å². The molecule has 0 radical (unpaired) electrons. The largest absolute Gasteiger partial charge is 0.374 e. The zero-order valence-corrected chi connectivity index (χ0v) is 15.3. The molecular weight excluding hydrogens is 358 g/mol. The number of rotatable bonds is 2. The third-order valence-corrected chi connectivity index (χ3v) is 5.83. The zero-order valence-electron chi connectivity index (χ0n) is 12.9. The van der Waals surface area contributed by atoms with Crippen LogP contribution >= 0.6 is 34.3 Å². The summed E-state index contributed by atoms with van der Waals surface area (Å²) in [6.07, 6.45) is 0. The summed E-state index contributed by atoms with van der Waals surface area (Å²) in [6.45, 7) is 0. The molecular formula is C18H14ClN3S2. The first kappa shape index (κ1) is 15.6. The van der Waals surface area contributed by atoms with Crippen molar-refractivity contribution in [3.63, 3.8) is 0 Å². The molecule has 3 heterocycles. The van der Waals surface area contributed by atoms with Crippen LogP contribution in [0.15, 0.2) is 63.2 Å². The maximum absolute atomic E-state index is 6.25. The maximum Gasteiger partial charge on any atom is 0.142 e. The van der Waals surface area contributed by atoms with Gasteiger partial charge >= 0.3 is 0 Å². The van der Waals surface area contributed by atoms with Gasteiger partial charge in [0.2, 0.25) is 0 Å². The van der Waals surface area contributed by atoms with E-state index >= 15 is 0 Å². The molecule has 0 saturated carbocycles. The number of thiophene rings is 2. The summed E-state index contributed by atoms with van der Waals surface area (Å²) in [5.41, 5.74) is 2.79. The first-order valence-corrected chi connectivity index (χ1v) is 9.61. The van der Waals surface area contributed by atoms with Crippen LogP contribution in [-0.4, -0.2) is 18.6 Å². The van der Waals surface area contributed by atoms with Gasteiger partial charge in [0.25, 0.3) is 0 Å². The minimum atomic E-state index is -0.140. The molecule has 1 aliphatic heterocycles. The molecule has 4 rings (SSSR count). The van der Waals surface area contributed by atoms with E-state index in [1.807, 2.05) is 37.4 Å². The molecule has 6 heteroatoms. The summed E-state index contributed by atoms with van der Waals surface area (Å²) >= 11 is 9.61. The first-order valence-electron chi connectivity index (χ1n) is 7.47. The highest BCUT2D eigenvalue weighted by molar-refractivity contribution is 7.12. The molecule has 3 aromatic rings. The Morgan fingerprint density at radius 3 is 2.62 bits per heavy atom. The first-order chi connectivity index (χ1) is 11.8. The predicted octanol–water partition coefficient (Wildman–Crippen LogP) is 5.30. The Balaban J connectivity index is 1.98. The summed E-state index contributed by atoms with van der Waals surface area (Å²) in [4.78, 5) is 12.2. The van der Waals surface area contributed by atoms with Crippen molar-refractivity contribution in [3.05, 3.63) is 73.6 Å². The van der Waals surface area contributed by atoms with E-state index in [4.69, 9.17) is 21.6 Å². The number of nitrogens with zero attached hydrogens (tertiary/aromatic N) is 2. The van der Waals surface area contributed by atoms with E-state index in [2.05, 4.69) is 28.2 Å². The second-order valence-electron chi connectivity index (χ2n) is 5.28. The van der Waals surface area contributed by atoms with E-state index in [0.29, 0.717) is 5.02 Å². The zero-order chi connectivity index (χ0) is 16.5. The van der Waals surface area contributed by atoms with Crippen molar-refractivity contribution in [2.75, 3.05) is 7.05 Å². The average molecular weight is 372 g/mol. The molecule has 120 valence electrons. The molecule has 0 amide bonds. The van der Waals surface area contributed by atoms with Crippen LogP contribution in [0.2, 0.25) is 5.02 Å². The van der Waals surface area contributed by atoms with Gasteiger partial charge in [0, 0.05) is 22.5 Å². The van der Waals surface area contributed by atoms with Crippen molar-refractivity contribution in [1.29, 1.82) is 0 Å². The Kier molecular flexibility index (Phi) is 4.22. The van der Waals surface area contributed by atoms with Gasteiger partial charge in [-0.05, 0) is 41.1 Å². The van der Waals surface area contributed by atoms with Gasteiger partial charge in [-0.25, -0.2) is 4.99 Å². The SMILES string of the molecule is CNC1=Nc2ccc(Cl)cc2C(c2cccs2)=NC1c1cccs1. The normalized spacial score (nSPS) is 16.8. The molecule has 0 spiro atoms. The van der Waals surface area contributed by atoms with Crippen molar-refractivity contribution < 1.29 is 0 Å². The summed E-state index contributed by atoms with van der Waals surface area (Å²) in [7, 11) is 1.89. The molecule has 1 N–H and O–H groups in total. The molecule has 2 aromatic heterocycles. The molecule has 0 saturated heterocycles. The number of hydrogen-bond acceptors (Lipinski definition) is 5. The number of fused-ring (bicyclic) bond motifs is 1. The second-order valence-corrected chi connectivity index (χ2v) is 7.64. The molecule has 0 fully saturated rings. The molecule has 0 bridgehead atoms. The fraction of sp³-hybridized carbons (Fsp3) is 0.111. The molecule has 1 atom stereocenters. The Morgan fingerprint density at radius 2 is 1.92 bits per heavy atom. The predicted molar refractivity (Wildman–Crippen MR) is 105 cm³/mol. The lowest BCUT2D eigenvalue weighted by Crippen LogP contribution is -2.24. The summed E-state index contributed by atoms with van der Waals surface area (Å²) in [6, 6.07) is 13.9. The van der Waals surface area contributed by atoms with E-state index in [-0.39, 0.29) is 6.04 Å². The van der Waals surface area contributed by atoms with E-state index in [1.54, 1.807) is 22.7 Å². The van der Waals surface area contributed by atoms with Crippen molar-refractivity contribution in [3.8, 4) is 0 Å². The minimum absolute atomic E-state index is 0.140. The Morgan fingerprint density at radius 1 is 1.08 bits per heavy atom. The van der Waals surface area contributed by atoms with Gasteiger partial charge in [0.1, 0.15) is 11.9 Å². The molecule has 24 heavy (non-hydrogen) atoms. The molecule has 0 aliphatic carbocycles. The maximum atomic E-state index is 6.25. The van der Waals surface area contributed by atoms with Crippen molar-refractivity contribution in [2.24, 2.45) is 9.98 Å². The number of aliphatic imine (C=N–C) groups is 2. The van der Waals surface area contributed by atoms with Crippen LogP contribution in [-0.2, 0) is 0 Å². The van der Waals surface area contributed by atoms with Crippen LogP contribution in [0.1, 0.15) is 21.4 Å². The van der Waals surface area contributed by atoms with Crippen molar-refractivity contribution >= 4 is 51.5 Å². The third-order valence-electron chi connectivity index (χ3n) is 3.80. The van der Waals surface area contributed by atoms with E-state index in [0.717, 1.165) is 32.6 Å². The average Bonchev–Trinajstić information content (AvgIpc) is 3.27. The number of likely N-dealkylation sites (N-methyl/N-ethyl adjacent to an activating group) is 1. The van der Waals surface area contributed by atoms with Gasteiger partial charge in [-0.3, -0.25) is 4.99 Å². The lowest BCUT2D eigenvalue weighted by molar-refractivity contribution is 0.929. The number of benzene rings is 1. The lowest BCUT2D eigenvalue weighted by Gasteiger charge is -2.13. The Hall–Kier alpha value is -1.95. The van der Waals surface area contributed by atoms with Crippen LogP contribution < -0.4 is 5.32 Å². The van der Waals surface area contributed by atoms with Gasteiger partial charge in [-0.1, -0.05) is 23.7 Å². The van der Waals surface area contributed by atoms with E-state index < -0.39 is 0 Å². The molecule has 1 unspecified atom stereocenters. The fourth-order valence-corrected chi connectivity index (χ4v) is 4.37. The number of amidine groups is 1. The summed E-state index contributed by atoms with van der Waals surface area (Å²) < 4.78 is 0. The van der Waals surface area contributed by atoms with Crippen molar-refractivity contribution in [1.82, 2.24) is 5.32 Å². The number of hydrogen-bond donors (Lipinski definition) is 1. The Bertz CT molecular complexity index is 912. The molecule has 3 nitrogen and oxygen atoms in total. The highest BCUT2D eigenvalue weighted by atomic mass is 35.5. The van der Waals surface area contributed by atoms with Gasteiger partial charge in [0.05, 0.1) is 16.3 Å².